The number of nitrogens with zero attached hydrogens (tertiary/aromatic N) is 2. The number of amides is 1. The minimum Gasteiger partial charge on any atom is -0.300 e. The fourth-order valence-electron chi connectivity index (χ4n) is 1.42. The molecule has 21 heavy (non-hydrogen) atoms. The monoisotopic (exact) mass is 359 g/mol. The summed E-state index contributed by atoms with van der Waals surface area (Å²) < 4.78 is 0.878. The van der Waals surface area contributed by atoms with Crippen LogP contribution in [-0.4, -0.2) is 27.6 Å². The van der Waals surface area contributed by atoms with E-state index in [0.717, 1.165) is 15.0 Å². The molecule has 0 aliphatic carbocycles. The fourth-order valence-corrected chi connectivity index (χ4v) is 4.06. The average molecular weight is 360 g/mol. The molecule has 4 nitrogen and oxygen atoms in total. The van der Waals surface area contributed by atoms with Gasteiger partial charge in [0.1, 0.15) is 0 Å². The molecule has 0 saturated heterocycles. The van der Waals surface area contributed by atoms with E-state index in [1.807, 2.05) is 24.3 Å². The lowest BCUT2D eigenvalue weighted by atomic mass is 10.4. The van der Waals surface area contributed by atoms with Crippen molar-refractivity contribution >= 4 is 57.5 Å². The van der Waals surface area contributed by atoms with E-state index in [1.165, 1.54) is 11.3 Å². The molecule has 0 bridgehead atoms. The number of rotatable bonds is 7. The number of anilines is 1. The van der Waals surface area contributed by atoms with Crippen molar-refractivity contribution in [3.05, 3.63) is 29.3 Å². The van der Waals surface area contributed by atoms with Gasteiger partial charge in [0.2, 0.25) is 11.0 Å². The second kappa shape index (κ2) is 8.63. The number of hydrogen-bond donors (Lipinski definition) is 1. The average Bonchev–Trinajstić information content (AvgIpc) is 2.89. The Labute approximate surface area is 141 Å². The van der Waals surface area contributed by atoms with Crippen molar-refractivity contribution in [1.29, 1.82) is 0 Å². The zero-order valence-corrected chi connectivity index (χ0v) is 14.5. The van der Waals surface area contributed by atoms with E-state index in [9.17, 15) is 4.79 Å². The van der Waals surface area contributed by atoms with Crippen molar-refractivity contribution in [2.45, 2.75) is 22.6 Å². The van der Waals surface area contributed by atoms with Crippen LogP contribution >= 0.6 is 46.5 Å². The number of halogens is 1. The van der Waals surface area contributed by atoms with Crippen molar-refractivity contribution in [2.24, 2.45) is 0 Å². The lowest BCUT2D eigenvalue weighted by Gasteiger charge is -2.02. The number of carbonyl (C=O) groups is 1. The molecule has 8 heteroatoms. The third-order valence-corrected chi connectivity index (χ3v) is 5.45. The molecule has 1 N–H and O–H groups in total. The largest absolute Gasteiger partial charge is 0.300 e. The van der Waals surface area contributed by atoms with E-state index in [4.69, 9.17) is 11.6 Å². The summed E-state index contributed by atoms with van der Waals surface area (Å²) in [6.45, 7) is 2.05. The molecule has 0 aliphatic rings. The Morgan fingerprint density at radius 1 is 1.29 bits per heavy atom. The molecule has 0 saturated carbocycles. The summed E-state index contributed by atoms with van der Waals surface area (Å²) >= 11 is 10.5. The molecule has 1 aromatic heterocycles. The Hall–Kier alpha value is -0.760. The van der Waals surface area contributed by atoms with Crippen LogP contribution in [0.15, 0.2) is 33.5 Å². The van der Waals surface area contributed by atoms with Crippen molar-refractivity contribution < 1.29 is 4.79 Å². The number of aromatic nitrogens is 2. The van der Waals surface area contributed by atoms with Gasteiger partial charge in [0, 0.05) is 22.1 Å². The number of hydrogen-bond acceptors (Lipinski definition) is 6. The van der Waals surface area contributed by atoms with Crippen LogP contribution < -0.4 is 5.32 Å². The standard InChI is InChI=1S/C13H14ClN3OS3/c1-2-19-13-17-16-12(21-13)15-11(18)7-8-20-10-5-3-9(14)4-6-10/h3-6H,2,7-8H2,1H3,(H,15,16,18). The number of thioether (sulfide) groups is 2. The maximum atomic E-state index is 11.8. The third kappa shape index (κ3) is 5.86. The van der Waals surface area contributed by atoms with Gasteiger partial charge in [-0.2, -0.15) is 0 Å². The van der Waals surface area contributed by atoms with Gasteiger partial charge in [0.15, 0.2) is 4.34 Å². The summed E-state index contributed by atoms with van der Waals surface area (Å²) in [5, 5.41) is 12.0. The zero-order valence-electron chi connectivity index (χ0n) is 11.3. The highest BCUT2D eigenvalue weighted by atomic mass is 35.5. The SMILES string of the molecule is CCSc1nnc(NC(=O)CCSc2ccc(Cl)cc2)s1. The second-order valence-corrected chi connectivity index (χ2v) is 8.00. The lowest BCUT2D eigenvalue weighted by Crippen LogP contribution is -2.11. The maximum Gasteiger partial charge on any atom is 0.227 e. The molecule has 1 aromatic carbocycles. The van der Waals surface area contributed by atoms with Crippen LogP contribution in [0, 0.1) is 0 Å². The molecular formula is C13H14ClN3OS3. The molecule has 0 spiro atoms. The van der Waals surface area contributed by atoms with E-state index >= 15 is 0 Å². The van der Waals surface area contributed by atoms with Gasteiger partial charge in [-0.3, -0.25) is 4.79 Å². The molecule has 1 amide bonds. The van der Waals surface area contributed by atoms with Gasteiger partial charge in [-0.25, -0.2) is 0 Å². The van der Waals surface area contributed by atoms with E-state index in [-0.39, 0.29) is 5.91 Å². The topological polar surface area (TPSA) is 54.9 Å². The Balaban J connectivity index is 1.72. The highest BCUT2D eigenvalue weighted by molar-refractivity contribution is 8.01. The summed E-state index contributed by atoms with van der Waals surface area (Å²) in [6, 6.07) is 7.59. The van der Waals surface area contributed by atoms with E-state index in [0.29, 0.717) is 22.3 Å². The van der Waals surface area contributed by atoms with Gasteiger partial charge in [-0.15, -0.1) is 22.0 Å². The molecule has 0 radical (unpaired) electrons. The normalized spacial score (nSPS) is 10.6. The number of carbonyl (C=O) groups excluding carboxylic acids is 1. The van der Waals surface area contributed by atoms with Gasteiger partial charge >= 0.3 is 0 Å². The smallest absolute Gasteiger partial charge is 0.227 e. The molecular weight excluding hydrogens is 346 g/mol. The Morgan fingerprint density at radius 3 is 2.76 bits per heavy atom. The molecule has 1 heterocycles. The van der Waals surface area contributed by atoms with Gasteiger partial charge in [-0.05, 0) is 30.0 Å². The summed E-state index contributed by atoms with van der Waals surface area (Å²) in [4.78, 5) is 12.9. The predicted octanol–water partition coefficient (Wildman–Crippen LogP) is 4.42. The van der Waals surface area contributed by atoms with Gasteiger partial charge in [0.05, 0.1) is 0 Å². The highest BCUT2D eigenvalue weighted by Crippen LogP contribution is 2.25. The number of nitrogens with one attached hydrogen (secondary N) is 1. The lowest BCUT2D eigenvalue weighted by molar-refractivity contribution is -0.115. The van der Waals surface area contributed by atoms with Crippen LogP contribution in [0.4, 0.5) is 5.13 Å². The minimum atomic E-state index is -0.0411. The summed E-state index contributed by atoms with van der Waals surface area (Å²) in [5.41, 5.74) is 0. The van der Waals surface area contributed by atoms with E-state index in [1.54, 1.807) is 23.5 Å². The highest BCUT2D eigenvalue weighted by Gasteiger charge is 2.08. The van der Waals surface area contributed by atoms with Crippen molar-refractivity contribution in [1.82, 2.24) is 10.2 Å². The van der Waals surface area contributed by atoms with E-state index in [2.05, 4.69) is 22.4 Å². The predicted molar refractivity (Wildman–Crippen MR) is 91.7 cm³/mol. The molecule has 0 fully saturated rings. The fraction of sp³-hybridized carbons (Fsp3) is 0.308. The van der Waals surface area contributed by atoms with Crippen LogP contribution in [0.5, 0.6) is 0 Å². The quantitative estimate of drug-likeness (QED) is 0.585. The third-order valence-electron chi connectivity index (χ3n) is 2.33. The van der Waals surface area contributed by atoms with Gasteiger partial charge < -0.3 is 5.32 Å². The molecule has 0 aliphatic heterocycles. The Bertz CT molecular complexity index is 589. The van der Waals surface area contributed by atoms with Crippen LogP contribution in [0.3, 0.4) is 0 Å². The minimum absolute atomic E-state index is 0.0411. The Kier molecular flexibility index (Phi) is 6.82. The first-order chi connectivity index (χ1) is 10.2. The molecule has 0 atom stereocenters. The zero-order chi connectivity index (χ0) is 15.1. The summed E-state index contributed by atoms with van der Waals surface area (Å²) in [7, 11) is 0. The molecule has 2 rings (SSSR count). The maximum absolute atomic E-state index is 11.8. The van der Waals surface area contributed by atoms with Crippen LogP contribution in [0.25, 0.3) is 0 Å². The second-order valence-electron chi connectivity index (χ2n) is 3.91. The van der Waals surface area contributed by atoms with Crippen molar-refractivity contribution in [2.75, 3.05) is 16.8 Å². The summed E-state index contributed by atoms with van der Waals surface area (Å²) in [6.07, 6.45) is 0.434. The summed E-state index contributed by atoms with van der Waals surface area (Å²) in [5.74, 6) is 1.61. The molecule has 112 valence electrons. The van der Waals surface area contributed by atoms with E-state index < -0.39 is 0 Å². The molecule has 0 unspecified atom stereocenters. The Morgan fingerprint density at radius 2 is 2.05 bits per heavy atom. The van der Waals surface area contributed by atoms with Crippen molar-refractivity contribution in [3.8, 4) is 0 Å². The van der Waals surface area contributed by atoms with Crippen LogP contribution in [0.2, 0.25) is 5.02 Å². The van der Waals surface area contributed by atoms with Gasteiger partial charge in [-0.1, -0.05) is 41.6 Å². The van der Waals surface area contributed by atoms with Gasteiger partial charge in [0.25, 0.3) is 0 Å². The first-order valence-corrected chi connectivity index (χ1v) is 9.48. The van der Waals surface area contributed by atoms with Crippen LogP contribution in [0.1, 0.15) is 13.3 Å². The molecule has 2 aromatic rings. The van der Waals surface area contributed by atoms with Crippen LogP contribution in [-0.2, 0) is 4.79 Å². The first kappa shape index (κ1) is 16.6. The van der Waals surface area contributed by atoms with Crippen molar-refractivity contribution in [3.63, 3.8) is 0 Å². The number of benzene rings is 1. The first-order valence-electron chi connectivity index (χ1n) is 6.32.